The number of benzene rings is 3. The fourth-order valence-corrected chi connectivity index (χ4v) is 7.53. The van der Waals surface area contributed by atoms with Crippen molar-refractivity contribution in [3.05, 3.63) is 189 Å². The van der Waals surface area contributed by atoms with E-state index in [9.17, 15) is 9.59 Å². The van der Waals surface area contributed by atoms with Crippen LogP contribution in [-0.2, 0) is 47.6 Å². The molecule has 3 aromatic carbocycles. The zero-order valence-corrected chi connectivity index (χ0v) is 52.4. The second kappa shape index (κ2) is 69.8. The Balaban J connectivity index is -0.0000000964. The van der Waals surface area contributed by atoms with Crippen LogP contribution in [-0.4, -0.2) is 14.4 Å². The van der Waals surface area contributed by atoms with Crippen molar-refractivity contribution in [2.75, 3.05) is 16.0 Å². The maximum Gasteiger partial charge on any atom is 0.218 e. The smallest absolute Gasteiger partial charge is 0.218 e. The van der Waals surface area contributed by atoms with Crippen molar-refractivity contribution in [2.24, 2.45) is 17.7 Å². The third-order valence-corrected chi connectivity index (χ3v) is 13.0. The van der Waals surface area contributed by atoms with Crippen LogP contribution in [0.25, 0.3) is 0 Å². The van der Waals surface area contributed by atoms with E-state index in [0.717, 1.165) is 59.1 Å². The molecule has 0 bridgehead atoms. The van der Waals surface area contributed by atoms with Gasteiger partial charge in [-0.15, -0.1) is 65.9 Å². The lowest BCUT2D eigenvalue weighted by atomic mass is 10.2. The molecule has 17 nitrogen and oxygen atoms in total. The van der Waals surface area contributed by atoms with Gasteiger partial charge in [0.05, 0.1) is 120 Å². The maximum absolute atomic E-state index is 11.6. The van der Waals surface area contributed by atoms with Crippen LogP contribution >= 0.6 is 121 Å². The third kappa shape index (κ3) is 48.3. The summed E-state index contributed by atoms with van der Waals surface area (Å²) in [7, 11) is 0. The van der Waals surface area contributed by atoms with Gasteiger partial charge < -0.3 is 29.2 Å². The SMILES string of the molecule is C.C.C.C.C.C.C.C.C.C.CC=CC.CC=CC.CC=CC.CC=CC.NOOSc1cc(C(=O)S)c(NCc2ccco2)cc1Cl.NOOSc1cc(C(=O)S)c(NCc2ccco2)cc1Cl.NOOSc1cc(C(=S)S)c(NCc2ccco2)cc1Cl. The van der Waals surface area contributed by atoms with Crippen LogP contribution in [0.2, 0.25) is 15.1 Å². The average Bonchev–Trinajstić information content (AvgIpc) is 4.40. The molecule has 0 aliphatic heterocycles. The van der Waals surface area contributed by atoms with Crippen molar-refractivity contribution < 1.29 is 50.8 Å². The van der Waals surface area contributed by atoms with Crippen molar-refractivity contribution >= 4 is 153 Å². The molecule has 0 fully saturated rings. The number of thiol groups is 3. The summed E-state index contributed by atoms with van der Waals surface area (Å²) in [6.07, 6.45) is 20.7. The van der Waals surface area contributed by atoms with Crippen LogP contribution < -0.4 is 33.6 Å². The third-order valence-electron chi connectivity index (χ3n) is 8.83. The van der Waals surface area contributed by atoms with E-state index in [-0.39, 0.29) is 74.3 Å². The zero-order valence-electron chi connectivity index (χ0n) is 44.2. The molecular formula is C62H105Cl3N6O11S7. The summed E-state index contributed by atoms with van der Waals surface area (Å²) >= 11 is 37.9. The first-order valence-electron chi connectivity index (χ1n) is 22.9. The molecule has 27 heteroatoms. The molecule has 0 amide bonds. The Labute approximate surface area is 585 Å². The van der Waals surface area contributed by atoms with Gasteiger partial charge in [0.25, 0.3) is 0 Å². The van der Waals surface area contributed by atoms with E-state index in [2.05, 4.69) is 81.8 Å². The Morgan fingerprint density at radius 2 is 0.674 bits per heavy atom. The first-order chi connectivity index (χ1) is 38.0. The predicted octanol–water partition coefficient (Wildman–Crippen LogP) is 23.6. The summed E-state index contributed by atoms with van der Waals surface area (Å²) < 4.78 is 29.8. The molecule has 0 unspecified atom stereocenters. The molecule has 512 valence electrons. The molecule has 3 aromatic heterocycles. The van der Waals surface area contributed by atoms with Crippen LogP contribution in [0.5, 0.6) is 0 Å². The number of furan rings is 3. The summed E-state index contributed by atoms with van der Waals surface area (Å²) in [5.74, 6) is 16.6. The Morgan fingerprint density at radius 3 is 0.854 bits per heavy atom. The summed E-state index contributed by atoms with van der Waals surface area (Å²) in [5, 5.41) is 9.72. The number of thiocarbonyl (C=S) groups is 1. The number of carbonyl (C=O) groups is 2. The lowest BCUT2D eigenvalue weighted by Gasteiger charge is -2.13. The quantitative estimate of drug-likeness (QED) is 0.00812. The minimum absolute atomic E-state index is 0. The summed E-state index contributed by atoms with van der Waals surface area (Å²) in [6.45, 7) is 17.3. The fraction of sp³-hybridized carbons (Fsp3) is 0.339. The van der Waals surface area contributed by atoms with Crippen molar-refractivity contribution in [3.63, 3.8) is 0 Å². The van der Waals surface area contributed by atoms with Crippen LogP contribution in [0.15, 0.2) is 168 Å². The molecule has 6 aromatic rings. The molecule has 0 aliphatic rings. The van der Waals surface area contributed by atoms with Gasteiger partial charge in [-0.1, -0.05) is 170 Å². The van der Waals surface area contributed by atoms with Gasteiger partial charge in [-0.3, -0.25) is 9.59 Å². The normalized spacial score (nSPS) is 9.22. The largest absolute Gasteiger partial charge is 0.467 e. The van der Waals surface area contributed by atoms with Gasteiger partial charge in [-0.05, 0) is 128 Å². The summed E-state index contributed by atoms with van der Waals surface area (Å²) in [5.41, 5.74) is 3.22. The van der Waals surface area contributed by atoms with Crippen molar-refractivity contribution in [1.82, 2.24) is 0 Å². The number of nitrogens with two attached hydrogens (primary N) is 3. The lowest BCUT2D eigenvalue weighted by molar-refractivity contribution is -0.195. The Morgan fingerprint density at radius 1 is 0.449 bits per heavy atom. The van der Waals surface area contributed by atoms with Gasteiger partial charge in [0.2, 0.25) is 10.2 Å². The Hall–Kier alpha value is -4.10. The average molecular weight is 1440 g/mol. The fourth-order valence-electron chi connectivity index (χ4n) is 4.78. The Kier molecular flexibility index (Phi) is 85.8. The van der Waals surface area contributed by atoms with E-state index in [4.69, 9.17) is 78.0 Å². The monoisotopic (exact) mass is 1440 g/mol. The maximum atomic E-state index is 11.6. The highest BCUT2D eigenvalue weighted by Crippen LogP contribution is 2.37. The van der Waals surface area contributed by atoms with Crippen molar-refractivity contribution in [3.8, 4) is 0 Å². The number of allylic oxidation sites excluding steroid dienone is 8. The molecule has 3 heterocycles. The van der Waals surface area contributed by atoms with E-state index in [1.807, 2.05) is 128 Å². The van der Waals surface area contributed by atoms with Crippen LogP contribution in [0.4, 0.5) is 17.1 Å². The van der Waals surface area contributed by atoms with Gasteiger partial charge in [0, 0.05) is 22.6 Å². The highest BCUT2D eigenvalue weighted by atomic mass is 35.5. The topological polar surface area (TPSA) is 243 Å². The van der Waals surface area contributed by atoms with Crippen LogP contribution in [0.1, 0.15) is 173 Å². The Bertz CT molecular complexity index is 2430. The van der Waals surface area contributed by atoms with E-state index in [0.29, 0.717) is 81.7 Å². The number of hydrogen-bond acceptors (Lipinski definition) is 21. The molecule has 9 N–H and O–H groups in total. The summed E-state index contributed by atoms with van der Waals surface area (Å²) in [4.78, 5) is 36.8. The number of carbonyl (C=O) groups excluding carboxylic acids is 2. The number of halogens is 3. The predicted molar refractivity (Wildman–Crippen MR) is 406 cm³/mol. The van der Waals surface area contributed by atoms with Crippen LogP contribution in [0, 0.1) is 0 Å². The molecule has 0 atom stereocenters. The first kappa shape index (κ1) is 109. The minimum Gasteiger partial charge on any atom is -0.467 e. The highest BCUT2D eigenvalue weighted by Gasteiger charge is 2.17. The number of nitrogens with one attached hydrogen (secondary N) is 3. The zero-order chi connectivity index (χ0) is 59.4. The second-order valence-corrected chi connectivity index (χ2v) is 19.5. The van der Waals surface area contributed by atoms with E-state index >= 15 is 0 Å². The molecule has 0 aliphatic carbocycles. The van der Waals surface area contributed by atoms with Crippen molar-refractivity contribution in [1.29, 1.82) is 0 Å². The first-order valence-corrected chi connectivity index (χ1v) is 28.0. The highest BCUT2D eigenvalue weighted by molar-refractivity contribution is 8.11. The van der Waals surface area contributed by atoms with Crippen LogP contribution in [0.3, 0.4) is 0 Å². The van der Waals surface area contributed by atoms with E-state index < -0.39 is 10.2 Å². The summed E-state index contributed by atoms with van der Waals surface area (Å²) in [6, 6.07) is 20.6. The van der Waals surface area contributed by atoms with Gasteiger partial charge in [0.1, 0.15) is 17.3 Å². The standard InChI is InChI=1S/2C12H11ClN2O4S2.C12H11ClN2O3S3.4C4H8.10CH4/c2*13-9-5-10(15-6-7-2-1-3-17-7)8(12(16)20)4-11(9)21-19-18-14;13-9-5-10(15-6-7-2-1-3-16-7)8(12(19)20)4-11(9)21-18-17-14;4*1-3-4-2;;;;;;;;;;/h2*1-5,15H,6,14H2,(H,16,20);1-5,15H,6,14H2,(H,19,20);4*3-4H,1-2H3;10*1H4. The molecule has 0 radical (unpaired) electrons. The molecule has 0 spiro atoms. The second-order valence-electron chi connectivity index (χ2n) is 14.1. The lowest BCUT2D eigenvalue weighted by Crippen LogP contribution is -2.04. The van der Waals surface area contributed by atoms with E-state index in [1.54, 1.807) is 55.2 Å². The van der Waals surface area contributed by atoms with E-state index in [1.165, 1.54) is 12.1 Å². The molecule has 0 saturated heterocycles. The molecule has 89 heavy (non-hydrogen) atoms. The molecule has 6 rings (SSSR count). The molecule has 0 saturated carbocycles. The van der Waals surface area contributed by atoms with Gasteiger partial charge in [0.15, 0.2) is 0 Å². The number of rotatable bonds is 21. The molecular weight excluding hydrogens is 1340 g/mol. The van der Waals surface area contributed by atoms with Crippen molar-refractivity contribution in [2.45, 2.75) is 164 Å². The minimum atomic E-state index is -0.413. The van der Waals surface area contributed by atoms with Gasteiger partial charge in [-0.2, -0.15) is 17.7 Å². The number of hydrogen-bond donors (Lipinski definition) is 9. The van der Waals surface area contributed by atoms with Gasteiger partial charge >= 0.3 is 0 Å². The number of anilines is 3. The van der Waals surface area contributed by atoms with Gasteiger partial charge in [-0.25, -0.2) is 0 Å².